The van der Waals surface area contributed by atoms with Crippen molar-refractivity contribution in [3.05, 3.63) is 34.4 Å². The highest BCUT2D eigenvalue weighted by Crippen LogP contribution is 2.30. The van der Waals surface area contributed by atoms with E-state index in [-0.39, 0.29) is 29.1 Å². The Morgan fingerprint density at radius 1 is 1.28 bits per heavy atom. The summed E-state index contributed by atoms with van der Waals surface area (Å²) in [5, 5.41) is 0.820. The quantitative estimate of drug-likeness (QED) is 0.465. The Hall–Kier alpha value is -1.58. The minimum Gasteiger partial charge on any atom is -0.383 e. The van der Waals surface area contributed by atoms with E-state index in [0.717, 1.165) is 27.9 Å². The zero-order chi connectivity index (χ0) is 21.3. The van der Waals surface area contributed by atoms with Crippen molar-refractivity contribution < 1.29 is 17.9 Å². The van der Waals surface area contributed by atoms with Gasteiger partial charge in [0, 0.05) is 42.3 Å². The standard InChI is InChI=1S/C20H29N3O4S2/c1-13-10-18(16(4)23(13)17-6-9-29(25,26)12-17)19(24)11-28-20-21-14(2)15(3)22(20)7-8-27-5/h10,17H,6-9,11-12H2,1-5H3/t17-/m1/s1. The summed E-state index contributed by atoms with van der Waals surface area (Å²) in [6.45, 7) is 9.12. The summed E-state index contributed by atoms with van der Waals surface area (Å²) in [5.74, 6) is 0.695. The van der Waals surface area contributed by atoms with Crippen molar-refractivity contribution >= 4 is 27.4 Å². The number of nitrogens with zero attached hydrogens (tertiary/aromatic N) is 3. The molecule has 0 unspecified atom stereocenters. The molecule has 0 aliphatic carbocycles. The first-order chi connectivity index (χ1) is 13.6. The van der Waals surface area contributed by atoms with Crippen molar-refractivity contribution in [1.29, 1.82) is 0 Å². The molecule has 3 rings (SSSR count). The van der Waals surface area contributed by atoms with Gasteiger partial charge in [-0.2, -0.15) is 0 Å². The molecule has 0 bridgehead atoms. The van der Waals surface area contributed by atoms with Crippen molar-refractivity contribution in [2.75, 3.05) is 31.0 Å². The molecule has 9 heteroatoms. The first-order valence-electron chi connectivity index (χ1n) is 9.72. The Balaban J connectivity index is 1.76. The number of ether oxygens (including phenoxy) is 1. The number of Topliss-reactive ketones (excluding diaryl/α,β-unsaturated/α-hetero) is 1. The van der Waals surface area contributed by atoms with Crippen LogP contribution in [0.15, 0.2) is 11.2 Å². The van der Waals surface area contributed by atoms with E-state index in [4.69, 9.17) is 4.74 Å². The number of aryl methyl sites for hydroxylation is 2. The number of thioether (sulfide) groups is 1. The maximum absolute atomic E-state index is 12.9. The fraction of sp³-hybridized carbons (Fsp3) is 0.600. The molecule has 0 saturated carbocycles. The summed E-state index contributed by atoms with van der Waals surface area (Å²) in [6, 6.07) is 1.81. The Morgan fingerprint density at radius 2 is 2.00 bits per heavy atom. The predicted octanol–water partition coefficient (Wildman–Crippen LogP) is 2.90. The van der Waals surface area contributed by atoms with Crippen LogP contribution in [0.1, 0.15) is 45.6 Å². The molecule has 2 aromatic heterocycles. The van der Waals surface area contributed by atoms with Crippen LogP contribution in [0.3, 0.4) is 0 Å². The summed E-state index contributed by atoms with van der Waals surface area (Å²) < 4.78 is 33.0. The lowest BCUT2D eigenvalue weighted by Crippen LogP contribution is -2.14. The average molecular weight is 440 g/mol. The van der Waals surface area contributed by atoms with Gasteiger partial charge in [0.05, 0.1) is 29.6 Å². The Bertz CT molecular complexity index is 1020. The second kappa shape index (κ2) is 8.65. The van der Waals surface area contributed by atoms with Crippen molar-refractivity contribution in [3.63, 3.8) is 0 Å². The van der Waals surface area contributed by atoms with Crippen molar-refractivity contribution in [2.45, 2.75) is 51.9 Å². The molecule has 0 aromatic carbocycles. The van der Waals surface area contributed by atoms with Crippen LogP contribution in [0.2, 0.25) is 0 Å². The molecule has 3 heterocycles. The number of carbonyl (C=O) groups is 1. The van der Waals surface area contributed by atoms with E-state index in [0.29, 0.717) is 25.1 Å². The third kappa shape index (κ3) is 4.62. The smallest absolute Gasteiger partial charge is 0.175 e. The summed E-state index contributed by atoms with van der Waals surface area (Å²) in [5.41, 5.74) is 4.49. The third-order valence-electron chi connectivity index (χ3n) is 5.63. The van der Waals surface area contributed by atoms with E-state index in [1.54, 1.807) is 7.11 Å². The molecule has 7 nitrogen and oxygen atoms in total. The molecule has 0 amide bonds. The highest BCUT2D eigenvalue weighted by molar-refractivity contribution is 7.99. The van der Waals surface area contributed by atoms with Crippen molar-refractivity contribution in [1.82, 2.24) is 14.1 Å². The molecule has 0 radical (unpaired) electrons. The minimum atomic E-state index is -2.98. The summed E-state index contributed by atoms with van der Waals surface area (Å²) >= 11 is 1.43. The van der Waals surface area contributed by atoms with Crippen LogP contribution < -0.4 is 0 Å². The van der Waals surface area contributed by atoms with Gasteiger partial charge in [0.25, 0.3) is 0 Å². The van der Waals surface area contributed by atoms with E-state index in [9.17, 15) is 13.2 Å². The lowest BCUT2D eigenvalue weighted by Gasteiger charge is -2.16. The minimum absolute atomic E-state index is 0.0341. The van der Waals surface area contributed by atoms with Crippen LogP contribution >= 0.6 is 11.8 Å². The zero-order valence-electron chi connectivity index (χ0n) is 17.7. The number of methoxy groups -OCH3 is 1. The van der Waals surface area contributed by atoms with Gasteiger partial charge in [0.15, 0.2) is 20.8 Å². The Morgan fingerprint density at radius 3 is 2.62 bits per heavy atom. The van der Waals surface area contributed by atoms with Crippen LogP contribution in [-0.4, -0.2) is 59.3 Å². The number of sulfone groups is 1. The first kappa shape index (κ1) is 22.1. The van der Waals surface area contributed by atoms with E-state index >= 15 is 0 Å². The van der Waals surface area contributed by atoms with Crippen LogP contribution in [0, 0.1) is 27.7 Å². The molecule has 160 valence electrons. The van der Waals surface area contributed by atoms with Crippen molar-refractivity contribution in [2.24, 2.45) is 0 Å². The summed E-state index contributed by atoms with van der Waals surface area (Å²) in [7, 11) is -1.31. The fourth-order valence-corrected chi connectivity index (χ4v) is 6.69. The van der Waals surface area contributed by atoms with Crippen LogP contribution in [-0.2, 0) is 21.1 Å². The van der Waals surface area contributed by atoms with Crippen LogP contribution in [0.25, 0.3) is 0 Å². The van der Waals surface area contributed by atoms with E-state index < -0.39 is 9.84 Å². The molecule has 2 aromatic rings. The number of carbonyl (C=O) groups excluding carboxylic acids is 1. The van der Waals surface area contributed by atoms with E-state index in [1.165, 1.54) is 11.8 Å². The Labute approximate surface area is 176 Å². The van der Waals surface area contributed by atoms with Gasteiger partial charge in [-0.3, -0.25) is 4.79 Å². The summed E-state index contributed by atoms with van der Waals surface area (Å²) in [6.07, 6.45) is 0.608. The van der Waals surface area contributed by atoms with Gasteiger partial charge in [0.2, 0.25) is 0 Å². The number of imidazole rings is 1. The third-order valence-corrected chi connectivity index (χ3v) is 8.36. The van der Waals surface area contributed by atoms with Gasteiger partial charge >= 0.3 is 0 Å². The lowest BCUT2D eigenvalue weighted by atomic mass is 10.2. The van der Waals surface area contributed by atoms with Crippen molar-refractivity contribution in [3.8, 4) is 0 Å². The fourth-order valence-electron chi connectivity index (χ4n) is 3.99. The van der Waals surface area contributed by atoms with E-state index in [1.807, 2.05) is 38.3 Å². The number of aromatic nitrogens is 3. The van der Waals surface area contributed by atoms with Gasteiger partial charge < -0.3 is 13.9 Å². The van der Waals surface area contributed by atoms with Gasteiger partial charge in [-0.05, 0) is 40.2 Å². The predicted molar refractivity (Wildman–Crippen MR) is 115 cm³/mol. The topological polar surface area (TPSA) is 83.2 Å². The number of hydrogen-bond donors (Lipinski definition) is 0. The highest BCUT2D eigenvalue weighted by Gasteiger charge is 2.31. The average Bonchev–Trinajstić information content (AvgIpc) is 3.25. The molecule has 1 fully saturated rings. The lowest BCUT2D eigenvalue weighted by molar-refractivity contribution is 0.102. The second-order valence-electron chi connectivity index (χ2n) is 7.63. The number of hydrogen-bond acceptors (Lipinski definition) is 6. The second-order valence-corrected chi connectivity index (χ2v) is 10.8. The van der Waals surface area contributed by atoms with Gasteiger partial charge in [-0.15, -0.1) is 0 Å². The molecule has 1 aliphatic heterocycles. The molecule has 1 saturated heterocycles. The van der Waals surface area contributed by atoms with Gasteiger partial charge in [0.1, 0.15) is 0 Å². The molecule has 1 aliphatic rings. The maximum atomic E-state index is 12.9. The molecule has 0 N–H and O–H groups in total. The Kier molecular flexibility index (Phi) is 6.60. The van der Waals surface area contributed by atoms with Gasteiger partial charge in [-0.1, -0.05) is 11.8 Å². The molecular formula is C20H29N3O4S2. The SMILES string of the molecule is COCCn1c(SCC(=O)c2cc(C)n([C@@H]3CCS(=O)(=O)C3)c2C)nc(C)c1C. The van der Waals surface area contributed by atoms with E-state index in [2.05, 4.69) is 9.55 Å². The van der Waals surface area contributed by atoms with Crippen LogP contribution in [0.5, 0.6) is 0 Å². The zero-order valence-corrected chi connectivity index (χ0v) is 19.3. The normalized spacial score (nSPS) is 18.4. The molecule has 0 spiro atoms. The number of rotatable bonds is 8. The monoisotopic (exact) mass is 439 g/mol. The van der Waals surface area contributed by atoms with Crippen LogP contribution in [0.4, 0.5) is 0 Å². The molecular weight excluding hydrogens is 410 g/mol. The molecule has 29 heavy (non-hydrogen) atoms. The first-order valence-corrected chi connectivity index (χ1v) is 12.5. The maximum Gasteiger partial charge on any atom is 0.175 e. The highest BCUT2D eigenvalue weighted by atomic mass is 32.2. The van der Waals surface area contributed by atoms with Gasteiger partial charge in [-0.25, -0.2) is 13.4 Å². The number of ketones is 1. The summed E-state index contributed by atoms with van der Waals surface area (Å²) in [4.78, 5) is 17.5. The molecule has 1 atom stereocenters. The largest absolute Gasteiger partial charge is 0.383 e.